The summed E-state index contributed by atoms with van der Waals surface area (Å²) in [6, 6.07) is 4.99. The fraction of sp³-hybridized carbons (Fsp3) is 0.857. The van der Waals surface area contributed by atoms with Gasteiger partial charge in [-0.05, 0) is 0 Å². The van der Waals surface area contributed by atoms with Crippen LogP contribution in [0, 0.1) is 22.9 Å². The van der Waals surface area contributed by atoms with Crippen LogP contribution in [0.25, 0.3) is 0 Å². The largest absolute Gasteiger partial charge is 2.00 e. The molecule has 0 aliphatic carbocycles. The smallest absolute Gasteiger partial charge is 0.325 e. The molecule has 100 valence electrons. The first kappa shape index (κ1) is 23.3. The van der Waals surface area contributed by atoms with Crippen LogP contribution in [0.3, 0.4) is 0 Å². The van der Waals surface area contributed by atoms with E-state index in [-0.39, 0.29) is 23.1 Å². The third-order valence-corrected chi connectivity index (χ3v) is 5.00. The standard InChI is InChI=1S/2C7H17Si.Mg/c2*1-7(2,3)6-8(4)5;/h2*6,8H,1-5H3;/q2*-1;+2. The van der Waals surface area contributed by atoms with Crippen molar-refractivity contribution in [3.8, 4) is 0 Å². The van der Waals surface area contributed by atoms with Gasteiger partial charge in [0.25, 0.3) is 0 Å². The van der Waals surface area contributed by atoms with Gasteiger partial charge in [-0.15, -0.1) is 17.6 Å². The Labute approximate surface area is 131 Å². The molecule has 0 nitrogen and oxygen atoms in total. The van der Waals surface area contributed by atoms with Gasteiger partial charge in [0.15, 0.2) is 0 Å². The van der Waals surface area contributed by atoms with Crippen LogP contribution in [0.4, 0.5) is 0 Å². The summed E-state index contributed by atoms with van der Waals surface area (Å²) in [6.07, 6.45) is 0. The van der Waals surface area contributed by atoms with Crippen LogP contribution in [0.1, 0.15) is 41.5 Å². The molecule has 0 aliphatic rings. The van der Waals surface area contributed by atoms with Gasteiger partial charge in [-0.1, -0.05) is 67.7 Å². The second-order valence-corrected chi connectivity index (χ2v) is 13.2. The van der Waals surface area contributed by atoms with Crippen molar-refractivity contribution in [1.82, 2.24) is 0 Å². The Morgan fingerprint density at radius 2 is 0.765 bits per heavy atom. The van der Waals surface area contributed by atoms with Crippen molar-refractivity contribution in [3.05, 3.63) is 12.1 Å². The van der Waals surface area contributed by atoms with Crippen molar-refractivity contribution in [2.45, 2.75) is 67.7 Å². The minimum atomic E-state index is -0.421. The van der Waals surface area contributed by atoms with E-state index in [0.717, 1.165) is 0 Å². The molecule has 0 unspecified atom stereocenters. The minimum absolute atomic E-state index is 0. The predicted molar refractivity (Wildman–Crippen MR) is 91.0 cm³/mol. The van der Waals surface area contributed by atoms with E-state index in [1.807, 2.05) is 0 Å². The summed E-state index contributed by atoms with van der Waals surface area (Å²) in [5.74, 6) is 0. The first-order chi connectivity index (χ1) is 6.83. The quantitative estimate of drug-likeness (QED) is 0.527. The third-order valence-electron chi connectivity index (χ3n) is 1.67. The minimum Gasteiger partial charge on any atom is -0.325 e. The first-order valence-electron chi connectivity index (χ1n) is 6.55. The monoisotopic (exact) mass is 282 g/mol. The van der Waals surface area contributed by atoms with Crippen LogP contribution in [0.2, 0.25) is 26.2 Å². The molecule has 0 saturated carbocycles. The van der Waals surface area contributed by atoms with E-state index in [4.69, 9.17) is 0 Å². The van der Waals surface area contributed by atoms with Gasteiger partial charge < -0.3 is 12.1 Å². The van der Waals surface area contributed by atoms with Crippen LogP contribution in [-0.2, 0) is 0 Å². The molecule has 3 heteroatoms. The summed E-state index contributed by atoms with van der Waals surface area (Å²) in [5.41, 5.74) is 0.917. The summed E-state index contributed by atoms with van der Waals surface area (Å²) in [5, 5.41) is 0. The summed E-state index contributed by atoms with van der Waals surface area (Å²) in [4.78, 5) is 0. The van der Waals surface area contributed by atoms with E-state index in [1.54, 1.807) is 0 Å². The van der Waals surface area contributed by atoms with Crippen LogP contribution in [0.5, 0.6) is 0 Å². The van der Waals surface area contributed by atoms with Crippen LogP contribution in [0.15, 0.2) is 0 Å². The summed E-state index contributed by atoms with van der Waals surface area (Å²) in [7, 11) is -0.841. The first-order valence-corrected chi connectivity index (χ1v) is 12.5. The van der Waals surface area contributed by atoms with E-state index in [9.17, 15) is 0 Å². The average Bonchev–Trinajstić information content (AvgIpc) is 1.72. The van der Waals surface area contributed by atoms with Gasteiger partial charge in [-0.3, -0.25) is 0 Å². The Kier molecular flexibility index (Phi) is 13.8. The Balaban J connectivity index is -0.000000218. The molecule has 0 saturated heterocycles. The normalized spacial score (nSPS) is 12.0. The molecule has 0 radical (unpaired) electrons. The summed E-state index contributed by atoms with van der Waals surface area (Å²) >= 11 is 0. The van der Waals surface area contributed by atoms with Gasteiger partial charge in [0.05, 0.1) is 0 Å². The van der Waals surface area contributed by atoms with Gasteiger partial charge in [-0.2, -0.15) is 10.8 Å². The van der Waals surface area contributed by atoms with E-state index in [1.165, 1.54) is 0 Å². The molecule has 0 rings (SSSR count). The molecule has 0 aromatic carbocycles. The van der Waals surface area contributed by atoms with E-state index in [0.29, 0.717) is 10.8 Å². The maximum absolute atomic E-state index is 2.49. The van der Waals surface area contributed by atoms with E-state index >= 15 is 0 Å². The van der Waals surface area contributed by atoms with Crippen molar-refractivity contribution < 1.29 is 0 Å². The molecule has 17 heavy (non-hydrogen) atoms. The van der Waals surface area contributed by atoms with Gasteiger partial charge in [0, 0.05) is 0 Å². The second kappa shape index (κ2) is 10.0. The number of rotatable bonds is 2. The fourth-order valence-corrected chi connectivity index (χ4v) is 6.00. The molecule has 0 aliphatic heterocycles. The van der Waals surface area contributed by atoms with Crippen molar-refractivity contribution in [2.24, 2.45) is 10.8 Å². The van der Waals surface area contributed by atoms with Crippen LogP contribution >= 0.6 is 0 Å². The zero-order valence-corrected chi connectivity index (χ0v) is 17.7. The van der Waals surface area contributed by atoms with E-state index in [2.05, 4.69) is 79.8 Å². The average molecular weight is 283 g/mol. The van der Waals surface area contributed by atoms with E-state index < -0.39 is 17.6 Å². The van der Waals surface area contributed by atoms with Crippen LogP contribution < -0.4 is 0 Å². The predicted octanol–water partition coefficient (Wildman–Crippen LogP) is 4.14. The molecule has 0 heterocycles. The number of hydrogen-bond donors (Lipinski definition) is 0. The molecular weight excluding hydrogens is 249 g/mol. The zero-order valence-electron chi connectivity index (χ0n) is 14.0. The Bertz CT molecular complexity index is 144. The topological polar surface area (TPSA) is 0 Å². The summed E-state index contributed by atoms with van der Waals surface area (Å²) in [6.45, 7) is 23.0. The molecule has 0 fully saturated rings. The molecule has 0 atom stereocenters. The van der Waals surface area contributed by atoms with Gasteiger partial charge in [-0.25, -0.2) is 0 Å². The molecule has 0 bridgehead atoms. The molecule has 0 aromatic heterocycles. The summed E-state index contributed by atoms with van der Waals surface area (Å²) < 4.78 is 0. The fourth-order valence-electron chi connectivity index (χ4n) is 2.00. The van der Waals surface area contributed by atoms with Crippen molar-refractivity contribution in [3.63, 3.8) is 0 Å². The maximum atomic E-state index is 2.49. The molecule has 0 spiro atoms. The Morgan fingerprint density at radius 1 is 0.588 bits per heavy atom. The SMILES string of the molecule is C[SiH](C)[CH-]C(C)(C)C.C[SiH](C)[CH-]C(C)(C)C.[Mg+2]. The Morgan fingerprint density at radius 3 is 0.765 bits per heavy atom. The second-order valence-electron chi connectivity index (χ2n) is 7.55. The van der Waals surface area contributed by atoms with Crippen molar-refractivity contribution >= 4 is 40.6 Å². The molecule has 0 N–H and O–H groups in total. The Hall–Kier alpha value is 1.20. The van der Waals surface area contributed by atoms with Gasteiger partial charge in [0.2, 0.25) is 0 Å². The van der Waals surface area contributed by atoms with Crippen LogP contribution in [-0.4, -0.2) is 40.6 Å². The van der Waals surface area contributed by atoms with Gasteiger partial charge >= 0.3 is 23.1 Å². The molecular formula is C14H34MgSi2. The van der Waals surface area contributed by atoms with Crippen molar-refractivity contribution in [2.75, 3.05) is 0 Å². The van der Waals surface area contributed by atoms with Crippen molar-refractivity contribution in [1.29, 1.82) is 0 Å². The zero-order chi connectivity index (χ0) is 13.6. The molecule has 0 amide bonds. The van der Waals surface area contributed by atoms with Gasteiger partial charge in [0.1, 0.15) is 0 Å². The third kappa shape index (κ3) is 31.7. The maximum Gasteiger partial charge on any atom is 2.00 e. The molecule has 0 aromatic rings. The number of hydrogen-bond acceptors (Lipinski definition) is 0.